The van der Waals surface area contributed by atoms with Crippen molar-refractivity contribution in [2.75, 3.05) is 70.6 Å². The highest BCUT2D eigenvalue weighted by Gasteiger charge is 2.32. The van der Waals surface area contributed by atoms with Crippen molar-refractivity contribution in [3.63, 3.8) is 0 Å². The topological polar surface area (TPSA) is 31.2 Å². The molecule has 3 heterocycles. The fourth-order valence-electron chi connectivity index (χ4n) is 6.97. The molecule has 5 rings (SSSR count). The third-order valence-corrected chi connectivity index (χ3v) is 9.40. The van der Waals surface area contributed by atoms with Crippen LogP contribution in [-0.2, 0) is 22.6 Å². The van der Waals surface area contributed by atoms with Crippen LogP contribution in [0.3, 0.4) is 0 Å². The molecule has 236 valence electrons. The lowest BCUT2D eigenvalue weighted by atomic mass is 9.89. The second-order valence-corrected chi connectivity index (χ2v) is 14.1. The summed E-state index contributed by atoms with van der Waals surface area (Å²) in [5.41, 5.74) is 11.6. The first-order valence-corrected chi connectivity index (χ1v) is 16.9. The fraction of sp³-hybridized carbons (Fsp3) is 0.649. The minimum absolute atomic E-state index is 0.455. The number of hydrogen-bond donors (Lipinski definition) is 0. The van der Waals surface area contributed by atoms with Gasteiger partial charge in [-0.2, -0.15) is 0 Å². The summed E-state index contributed by atoms with van der Waals surface area (Å²) in [7, 11) is 0. The highest BCUT2D eigenvalue weighted by molar-refractivity contribution is 5.83. The van der Waals surface area contributed by atoms with Crippen molar-refractivity contribution in [3.8, 4) is 0 Å². The van der Waals surface area contributed by atoms with Gasteiger partial charge in [-0.1, -0.05) is 79.7 Å². The third-order valence-electron chi connectivity index (χ3n) is 9.40. The maximum Gasteiger partial charge on any atom is 0.244 e. The number of benzene rings is 2. The Morgan fingerprint density at radius 1 is 0.581 bits per heavy atom. The first kappa shape index (κ1) is 32.2. The van der Waals surface area contributed by atoms with E-state index < -0.39 is 0 Å². The third kappa shape index (κ3) is 7.53. The van der Waals surface area contributed by atoms with Crippen molar-refractivity contribution in [3.05, 3.63) is 57.6 Å². The van der Waals surface area contributed by atoms with E-state index in [1.54, 1.807) is 0 Å². The van der Waals surface area contributed by atoms with Gasteiger partial charge < -0.3 is 9.47 Å². The first-order chi connectivity index (χ1) is 20.6. The summed E-state index contributed by atoms with van der Waals surface area (Å²) in [5.74, 6) is 1.82. The second kappa shape index (κ2) is 14.2. The van der Waals surface area contributed by atoms with Gasteiger partial charge in [0.05, 0.1) is 26.4 Å². The summed E-state index contributed by atoms with van der Waals surface area (Å²) >= 11 is 0. The minimum atomic E-state index is 0.455. The number of nitrogens with zero attached hydrogens (tertiary/aromatic N) is 4. The molecule has 0 aliphatic carbocycles. The van der Waals surface area contributed by atoms with Gasteiger partial charge in [0.2, 0.25) is 6.34 Å². The van der Waals surface area contributed by atoms with E-state index >= 15 is 0 Å². The van der Waals surface area contributed by atoms with Gasteiger partial charge in [0.15, 0.2) is 0 Å². The van der Waals surface area contributed by atoms with Crippen LogP contribution in [-0.4, -0.2) is 86.4 Å². The summed E-state index contributed by atoms with van der Waals surface area (Å²) in [4.78, 5) is 7.65. The summed E-state index contributed by atoms with van der Waals surface area (Å²) in [6, 6.07) is 9.99. The summed E-state index contributed by atoms with van der Waals surface area (Å²) in [6.45, 7) is 30.3. The van der Waals surface area contributed by atoms with E-state index in [2.05, 4.69) is 105 Å². The number of hydrogen-bond acceptors (Lipinski definition) is 5. The van der Waals surface area contributed by atoms with Gasteiger partial charge in [0, 0.05) is 61.5 Å². The molecule has 0 spiro atoms. The van der Waals surface area contributed by atoms with Gasteiger partial charge in [-0.05, 0) is 34.8 Å². The molecule has 0 amide bonds. The largest absolute Gasteiger partial charge is 0.379 e. The molecule has 3 aliphatic heterocycles. The standard InChI is InChI=1S/C37H57N4O2/c1-26(2)32-19-30(23-38-11-15-42-16-12-38)20-33(27(3)4)36(32)40-9-10-41(25-40)37-34(28(5)6)21-31(22-35(37)29(7)8)24-39-13-17-43-18-14-39/h19-22,25-29H,9-18,23-24H2,1-8H3/q+1. The minimum Gasteiger partial charge on any atom is -0.379 e. The maximum absolute atomic E-state index is 5.62. The Morgan fingerprint density at radius 2 is 0.977 bits per heavy atom. The Kier molecular flexibility index (Phi) is 10.6. The van der Waals surface area contributed by atoms with Crippen molar-refractivity contribution in [2.45, 2.75) is 92.2 Å². The molecule has 0 saturated carbocycles. The maximum atomic E-state index is 5.62. The normalized spacial score (nSPS) is 19.0. The van der Waals surface area contributed by atoms with Gasteiger partial charge in [-0.3, -0.25) is 9.80 Å². The van der Waals surface area contributed by atoms with Crippen LogP contribution in [0.4, 0.5) is 11.4 Å². The molecule has 0 bridgehead atoms. The lowest BCUT2D eigenvalue weighted by molar-refractivity contribution is -0.425. The average Bonchev–Trinajstić information content (AvgIpc) is 3.46. The molecule has 3 aliphatic rings. The molecule has 0 atom stereocenters. The Bertz CT molecular complexity index is 1210. The van der Waals surface area contributed by atoms with E-state index in [1.165, 1.54) is 44.8 Å². The molecule has 0 unspecified atom stereocenters. The summed E-state index contributed by atoms with van der Waals surface area (Å²) in [5, 5.41) is 0. The summed E-state index contributed by atoms with van der Waals surface area (Å²) < 4.78 is 13.8. The number of ether oxygens (including phenoxy) is 2. The molecule has 6 heteroatoms. The molecule has 0 N–H and O–H groups in total. The highest BCUT2D eigenvalue weighted by atomic mass is 16.5. The van der Waals surface area contributed by atoms with E-state index in [4.69, 9.17) is 9.47 Å². The zero-order valence-corrected chi connectivity index (χ0v) is 28.3. The van der Waals surface area contributed by atoms with Gasteiger partial charge in [0.25, 0.3) is 0 Å². The zero-order valence-electron chi connectivity index (χ0n) is 28.3. The van der Waals surface area contributed by atoms with Crippen molar-refractivity contribution < 1.29 is 14.0 Å². The molecule has 2 aromatic carbocycles. The fourth-order valence-corrected chi connectivity index (χ4v) is 6.97. The van der Waals surface area contributed by atoms with Gasteiger partial charge in [-0.15, -0.1) is 0 Å². The van der Waals surface area contributed by atoms with Crippen LogP contribution in [0.1, 0.15) is 112 Å². The Labute approximate surface area is 261 Å². The molecule has 0 radical (unpaired) electrons. The lowest BCUT2D eigenvalue weighted by Crippen LogP contribution is -2.35. The van der Waals surface area contributed by atoms with E-state index in [9.17, 15) is 0 Å². The lowest BCUT2D eigenvalue weighted by Gasteiger charge is -2.28. The molecular formula is C37H57N4O2+. The van der Waals surface area contributed by atoms with Crippen LogP contribution in [0.5, 0.6) is 0 Å². The van der Waals surface area contributed by atoms with Crippen LogP contribution >= 0.6 is 0 Å². The van der Waals surface area contributed by atoms with Gasteiger partial charge in [-0.25, -0.2) is 9.48 Å². The van der Waals surface area contributed by atoms with Crippen molar-refractivity contribution in [1.29, 1.82) is 0 Å². The molecule has 2 aromatic rings. The SMILES string of the molecule is CC(C)c1cc(CN2CCOCC2)cc(C(C)C)c1N1C=[N+](c2c(C(C)C)cc(CN3CCOCC3)cc2C(C)C)CC1. The molecule has 2 fully saturated rings. The predicted octanol–water partition coefficient (Wildman–Crippen LogP) is 7.04. The van der Waals surface area contributed by atoms with E-state index in [-0.39, 0.29) is 0 Å². The monoisotopic (exact) mass is 589 g/mol. The van der Waals surface area contributed by atoms with Crippen molar-refractivity contribution in [2.24, 2.45) is 0 Å². The Morgan fingerprint density at radius 3 is 1.37 bits per heavy atom. The second-order valence-electron chi connectivity index (χ2n) is 14.1. The molecule has 2 saturated heterocycles. The van der Waals surface area contributed by atoms with E-state index in [1.807, 2.05) is 0 Å². The van der Waals surface area contributed by atoms with Crippen molar-refractivity contribution in [1.82, 2.24) is 9.80 Å². The molecule has 0 aromatic heterocycles. The average molecular weight is 590 g/mol. The Balaban J connectivity index is 1.53. The highest BCUT2D eigenvalue weighted by Crippen LogP contribution is 2.40. The van der Waals surface area contributed by atoms with E-state index in [0.29, 0.717) is 23.7 Å². The number of anilines is 1. The van der Waals surface area contributed by atoms with Crippen LogP contribution in [0.2, 0.25) is 0 Å². The van der Waals surface area contributed by atoms with Crippen LogP contribution in [0, 0.1) is 0 Å². The number of rotatable bonds is 10. The summed E-state index contributed by atoms with van der Waals surface area (Å²) in [6.07, 6.45) is 2.43. The van der Waals surface area contributed by atoms with Crippen LogP contribution in [0.25, 0.3) is 0 Å². The number of morpholine rings is 2. The quantitative estimate of drug-likeness (QED) is 0.278. The van der Waals surface area contributed by atoms with Gasteiger partial charge in [0.1, 0.15) is 24.5 Å². The smallest absolute Gasteiger partial charge is 0.244 e. The predicted molar refractivity (Wildman–Crippen MR) is 180 cm³/mol. The first-order valence-electron chi connectivity index (χ1n) is 16.9. The molecule has 43 heavy (non-hydrogen) atoms. The van der Waals surface area contributed by atoms with Crippen molar-refractivity contribution >= 4 is 17.7 Å². The Hall–Kier alpha value is -2.25. The van der Waals surface area contributed by atoms with Gasteiger partial charge >= 0.3 is 0 Å². The van der Waals surface area contributed by atoms with E-state index in [0.717, 1.165) is 78.8 Å². The molecule has 6 nitrogen and oxygen atoms in total. The zero-order chi connectivity index (χ0) is 30.7. The van der Waals surface area contributed by atoms with Crippen LogP contribution < -0.4 is 4.90 Å². The molecular weight excluding hydrogens is 532 g/mol. The van der Waals surface area contributed by atoms with Crippen LogP contribution in [0.15, 0.2) is 24.3 Å².